The summed E-state index contributed by atoms with van der Waals surface area (Å²) in [6, 6.07) is 7.25. The molecule has 1 aliphatic rings. The quantitative estimate of drug-likeness (QED) is 0.839. The molecule has 0 radical (unpaired) electrons. The first-order chi connectivity index (χ1) is 12.1. The highest BCUT2D eigenvalue weighted by Crippen LogP contribution is 2.29. The molecular weight excluding hydrogens is 349 g/mol. The number of hydrogen-bond donors (Lipinski definition) is 0. The van der Waals surface area contributed by atoms with Crippen molar-refractivity contribution in [3.05, 3.63) is 63.6 Å². The smallest absolute Gasteiger partial charge is 0.416 e. The highest BCUT2D eigenvalue weighted by molar-refractivity contribution is 5.94. The van der Waals surface area contributed by atoms with E-state index in [2.05, 4.69) is 0 Å². The molecule has 1 aromatic heterocycles. The molecule has 0 N–H and O–H groups in total. The van der Waals surface area contributed by atoms with Crippen LogP contribution in [0.4, 0.5) is 13.2 Å². The van der Waals surface area contributed by atoms with E-state index in [0.717, 1.165) is 17.8 Å². The number of nitrogens with zero attached hydrogens (tertiary/aromatic N) is 2. The molecule has 1 amide bonds. The van der Waals surface area contributed by atoms with E-state index in [9.17, 15) is 22.8 Å². The molecule has 0 spiro atoms. The van der Waals surface area contributed by atoms with Crippen LogP contribution in [0.1, 0.15) is 21.6 Å². The second-order valence-electron chi connectivity index (χ2n) is 6.25. The fraction of sp³-hybridized carbons (Fsp3) is 0.333. The van der Waals surface area contributed by atoms with Crippen molar-refractivity contribution in [2.45, 2.75) is 19.2 Å². The molecule has 26 heavy (non-hydrogen) atoms. The summed E-state index contributed by atoms with van der Waals surface area (Å²) in [5.41, 5.74) is -0.0257. The van der Waals surface area contributed by atoms with Crippen LogP contribution in [0.25, 0.3) is 0 Å². The van der Waals surface area contributed by atoms with Crippen LogP contribution in [-0.4, -0.2) is 34.6 Å². The maximum atomic E-state index is 12.6. The molecule has 2 heterocycles. The first kappa shape index (κ1) is 18.0. The molecule has 0 unspecified atom stereocenters. The Morgan fingerprint density at radius 3 is 2.31 bits per heavy atom. The zero-order valence-corrected chi connectivity index (χ0v) is 14.2. The summed E-state index contributed by atoms with van der Waals surface area (Å²) in [6.07, 6.45) is -4.68. The standard InChI is InChI=1S/C18H17F3N2O3/c1-11-7-14(8-16(24)22(11)2)26-15-9-23(10-15)17(25)12-3-5-13(6-4-12)18(19,20)21/h3-8,15H,9-10H2,1-2H3. The number of pyridine rings is 1. The topological polar surface area (TPSA) is 51.5 Å². The normalized spacial score (nSPS) is 14.9. The molecule has 1 aromatic carbocycles. The number of alkyl halides is 3. The summed E-state index contributed by atoms with van der Waals surface area (Å²) in [5.74, 6) is 0.0935. The van der Waals surface area contributed by atoms with Crippen LogP contribution < -0.4 is 10.3 Å². The lowest BCUT2D eigenvalue weighted by atomic mass is 10.1. The highest BCUT2D eigenvalue weighted by atomic mass is 19.4. The first-order valence-electron chi connectivity index (χ1n) is 7.96. The Hall–Kier alpha value is -2.77. The number of ether oxygens (including phenoxy) is 1. The lowest BCUT2D eigenvalue weighted by Crippen LogP contribution is -2.56. The molecule has 1 fully saturated rings. The van der Waals surface area contributed by atoms with Gasteiger partial charge in [-0.2, -0.15) is 13.2 Å². The third-order valence-corrected chi connectivity index (χ3v) is 4.37. The van der Waals surface area contributed by atoms with Gasteiger partial charge in [-0.25, -0.2) is 0 Å². The van der Waals surface area contributed by atoms with Crippen molar-refractivity contribution in [1.29, 1.82) is 0 Å². The molecule has 0 saturated carbocycles. The minimum Gasteiger partial charge on any atom is -0.486 e. The van der Waals surface area contributed by atoms with Gasteiger partial charge in [0.25, 0.3) is 11.5 Å². The predicted molar refractivity (Wildman–Crippen MR) is 88.2 cm³/mol. The van der Waals surface area contributed by atoms with Crippen LogP contribution in [0.15, 0.2) is 41.2 Å². The molecular formula is C18H17F3N2O3. The summed E-state index contributed by atoms with van der Waals surface area (Å²) in [4.78, 5) is 25.5. The molecule has 2 aromatic rings. The minimum atomic E-state index is -4.43. The Labute approximate surface area is 147 Å². The Bertz CT molecular complexity index is 882. The van der Waals surface area contributed by atoms with Crippen molar-refractivity contribution < 1.29 is 22.7 Å². The van der Waals surface area contributed by atoms with Crippen LogP contribution in [0.5, 0.6) is 5.75 Å². The van der Waals surface area contributed by atoms with Crippen molar-refractivity contribution in [3.8, 4) is 5.75 Å². The summed E-state index contributed by atoms with van der Waals surface area (Å²) in [7, 11) is 1.66. The fourth-order valence-corrected chi connectivity index (χ4v) is 2.66. The number of aryl methyl sites for hydroxylation is 1. The van der Waals surface area contributed by atoms with Gasteiger partial charge >= 0.3 is 6.18 Å². The molecule has 3 rings (SSSR count). The third-order valence-electron chi connectivity index (χ3n) is 4.37. The molecule has 8 heteroatoms. The largest absolute Gasteiger partial charge is 0.486 e. The SMILES string of the molecule is Cc1cc(OC2CN(C(=O)c3ccc(C(F)(F)F)cc3)C2)cc(=O)n1C. The van der Waals surface area contributed by atoms with Gasteiger partial charge in [0, 0.05) is 24.4 Å². The summed E-state index contributed by atoms with van der Waals surface area (Å²) >= 11 is 0. The van der Waals surface area contributed by atoms with Gasteiger partial charge in [0.15, 0.2) is 0 Å². The van der Waals surface area contributed by atoms with Crippen LogP contribution in [0.3, 0.4) is 0 Å². The Morgan fingerprint density at radius 1 is 1.15 bits per heavy atom. The summed E-state index contributed by atoms with van der Waals surface area (Å²) in [6.45, 7) is 2.41. The Balaban J connectivity index is 1.59. The maximum absolute atomic E-state index is 12.6. The lowest BCUT2D eigenvalue weighted by molar-refractivity contribution is -0.137. The van der Waals surface area contributed by atoms with Gasteiger partial charge in [-0.15, -0.1) is 0 Å². The maximum Gasteiger partial charge on any atom is 0.416 e. The highest BCUT2D eigenvalue weighted by Gasteiger charge is 2.34. The van der Waals surface area contributed by atoms with E-state index in [1.165, 1.54) is 27.7 Å². The van der Waals surface area contributed by atoms with Crippen molar-refractivity contribution >= 4 is 5.91 Å². The van der Waals surface area contributed by atoms with Crippen molar-refractivity contribution in [3.63, 3.8) is 0 Å². The van der Waals surface area contributed by atoms with Crippen LogP contribution >= 0.6 is 0 Å². The second-order valence-corrected chi connectivity index (χ2v) is 6.25. The monoisotopic (exact) mass is 366 g/mol. The van der Waals surface area contributed by atoms with Crippen molar-refractivity contribution in [2.24, 2.45) is 7.05 Å². The molecule has 0 aliphatic carbocycles. The average molecular weight is 366 g/mol. The summed E-state index contributed by atoms with van der Waals surface area (Å²) in [5, 5.41) is 0. The van der Waals surface area contributed by atoms with E-state index < -0.39 is 11.7 Å². The number of amides is 1. The van der Waals surface area contributed by atoms with E-state index in [0.29, 0.717) is 18.8 Å². The average Bonchev–Trinajstić information content (AvgIpc) is 2.54. The minimum absolute atomic E-state index is 0.183. The van der Waals surface area contributed by atoms with Gasteiger partial charge in [-0.3, -0.25) is 9.59 Å². The number of carbonyl (C=O) groups is 1. The number of likely N-dealkylation sites (tertiary alicyclic amines) is 1. The van der Waals surface area contributed by atoms with E-state index in [1.54, 1.807) is 20.0 Å². The molecule has 5 nitrogen and oxygen atoms in total. The molecule has 1 aliphatic heterocycles. The van der Waals surface area contributed by atoms with Crippen LogP contribution in [0, 0.1) is 6.92 Å². The van der Waals surface area contributed by atoms with E-state index in [1.807, 2.05) is 0 Å². The fourth-order valence-electron chi connectivity index (χ4n) is 2.66. The Morgan fingerprint density at radius 2 is 1.77 bits per heavy atom. The zero-order valence-electron chi connectivity index (χ0n) is 14.2. The lowest BCUT2D eigenvalue weighted by Gasteiger charge is -2.39. The van der Waals surface area contributed by atoms with Crippen molar-refractivity contribution in [1.82, 2.24) is 9.47 Å². The van der Waals surface area contributed by atoms with E-state index >= 15 is 0 Å². The molecule has 0 bridgehead atoms. The predicted octanol–water partition coefficient (Wildman–Crippen LogP) is 2.62. The molecule has 1 saturated heterocycles. The number of aromatic nitrogens is 1. The second kappa shape index (κ2) is 6.51. The van der Waals surface area contributed by atoms with Crippen LogP contribution in [0.2, 0.25) is 0 Å². The number of halogens is 3. The third kappa shape index (κ3) is 3.58. The van der Waals surface area contributed by atoms with Gasteiger partial charge in [-0.05, 0) is 37.3 Å². The molecule has 138 valence electrons. The van der Waals surface area contributed by atoms with Gasteiger partial charge in [0.2, 0.25) is 0 Å². The zero-order chi connectivity index (χ0) is 19.1. The van der Waals surface area contributed by atoms with Gasteiger partial charge in [-0.1, -0.05) is 0 Å². The number of hydrogen-bond acceptors (Lipinski definition) is 3. The van der Waals surface area contributed by atoms with Gasteiger partial charge in [0.1, 0.15) is 11.9 Å². The molecule has 0 atom stereocenters. The number of benzene rings is 1. The first-order valence-corrected chi connectivity index (χ1v) is 7.96. The Kier molecular flexibility index (Phi) is 4.52. The number of rotatable bonds is 3. The van der Waals surface area contributed by atoms with E-state index in [4.69, 9.17) is 4.74 Å². The van der Waals surface area contributed by atoms with Crippen LogP contribution in [-0.2, 0) is 13.2 Å². The summed E-state index contributed by atoms with van der Waals surface area (Å²) < 4.78 is 44.9. The van der Waals surface area contributed by atoms with Gasteiger partial charge in [0.05, 0.1) is 18.7 Å². The van der Waals surface area contributed by atoms with E-state index in [-0.39, 0.29) is 23.1 Å². The van der Waals surface area contributed by atoms with Crippen molar-refractivity contribution in [2.75, 3.05) is 13.1 Å². The number of carbonyl (C=O) groups excluding carboxylic acids is 1. The van der Waals surface area contributed by atoms with Gasteiger partial charge < -0.3 is 14.2 Å².